The Labute approximate surface area is 149 Å². The molecule has 1 rings (SSSR count). The maximum atomic E-state index is 6.10. The summed E-state index contributed by atoms with van der Waals surface area (Å²) in [6.07, 6.45) is 0.928. The number of aliphatic imine (C=N–C) groups is 1. The van der Waals surface area contributed by atoms with Crippen molar-refractivity contribution in [1.82, 2.24) is 10.6 Å². The van der Waals surface area contributed by atoms with Crippen molar-refractivity contribution in [1.29, 1.82) is 0 Å². The predicted molar refractivity (Wildman–Crippen MR) is 101 cm³/mol. The zero-order valence-corrected chi connectivity index (χ0v) is 16.1. The van der Waals surface area contributed by atoms with Crippen LogP contribution in [0.5, 0.6) is 5.75 Å². The number of hydrogen-bond acceptors (Lipinski definition) is 2. The van der Waals surface area contributed by atoms with Crippen LogP contribution in [0.3, 0.4) is 0 Å². The van der Waals surface area contributed by atoms with E-state index in [0.29, 0.717) is 17.6 Å². The molecule has 1 atom stereocenters. The van der Waals surface area contributed by atoms with Crippen LogP contribution < -0.4 is 15.4 Å². The number of benzene rings is 1. The Balaban J connectivity index is 0.00000400. The molecule has 0 saturated heterocycles. The third-order valence-corrected chi connectivity index (χ3v) is 3.04. The molecule has 4 nitrogen and oxygen atoms in total. The number of hydrogen-bond donors (Lipinski definition) is 2. The van der Waals surface area contributed by atoms with Crippen molar-refractivity contribution in [3.05, 3.63) is 29.3 Å². The summed E-state index contributed by atoms with van der Waals surface area (Å²) >= 11 is 6.10. The number of rotatable bonds is 6. The summed E-state index contributed by atoms with van der Waals surface area (Å²) in [4.78, 5) is 4.17. The fourth-order valence-corrected chi connectivity index (χ4v) is 1.85. The summed E-state index contributed by atoms with van der Waals surface area (Å²) in [5.41, 5.74) is 0. The van der Waals surface area contributed by atoms with Gasteiger partial charge in [-0.15, -0.1) is 24.0 Å². The van der Waals surface area contributed by atoms with Crippen molar-refractivity contribution < 1.29 is 4.74 Å². The third-order valence-electron chi connectivity index (χ3n) is 2.73. The van der Waals surface area contributed by atoms with Gasteiger partial charge in [0.2, 0.25) is 0 Å². The molecule has 2 N–H and O–H groups in total. The molecule has 6 heteroatoms. The minimum Gasteiger partial charge on any atom is -0.487 e. The van der Waals surface area contributed by atoms with Crippen LogP contribution in [0, 0.1) is 0 Å². The molecule has 0 amide bonds. The highest BCUT2D eigenvalue weighted by molar-refractivity contribution is 14.0. The maximum absolute atomic E-state index is 6.10. The van der Waals surface area contributed by atoms with E-state index >= 15 is 0 Å². The van der Waals surface area contributed by atoms with Crippen LogP contribution in [0.15, 0.2) is 29.3 Å². The summed E-state index contributed by atoms with van der Waals surface area (Å²) < 4.78 is 5.92. The summed E-state index contributed by atoms with van der Waals surface area (Å²) in [6.45, 7) is 6.91. The van der Waals surface area contributed by atoms with Gasteiger partial charge in [0.05, 0.1) is 11.6 Å². The summed E-state index contributed by atoms with van der Waals surface area (Å²) in [5, 5.41) is 7.14. The molecule has 0 radical (unpaired) electrons. The molecule has 1 aromatic rings. The standard InChI is InChI=1S/C15H24ClN3O.HI/c1-5-12(10-18-15(17-4)19-11(2)3)20-14-9-7-6-8-13(14)16;/h6-9,11-12H,5,10H2,1-4H3,(H2,17,18,19);1H. The van der Waals surface area contributed by atoms with Gasteiger partial charge in [0, 0.05) is 13.1 Å². The second-order valence-electron chi connectivity index (χ2n) is 4.83. The van der Waals surface area contributed by atoms with Crippen LogP contribution in [-0.2, 0) is 0 Å². The molecule has 0 fully saturated rings. The number of ether oxygens (including phenoxy) is 1. The monoisotopic (exact) mass is 425 g/mol. The number of halogens is 2. The molecule has 0 heterocycles. The van der Waals surface area contributed by atoms with Gasteiger partial charge in [0.25, 0.3) is 0 Å². The SMILES string of the molecule is CCC(CNC(=NC)NC(C)C)Oc1ccccc1Cl.I. The van der Waals surface area contributed by atoms with Gasteiger partial charge in [-0.1, -0.05) is 30.7 Å². The number of nitrogens with one attached hydrogen (secondary N) is 2. The predicted octanol–water partition coefficient (Wildman–Crippen LogP) is 3.69. The lowest BCUT2D eigenvalue weighted by atomic mass is 10.2. The molecule has 0 aliphatic heterocycles. The first-order chi connectivity index (χ1) is 9.56. The normalized spacial score (nSPS) is 12.6. The molecule has 1 aromatic carbocycles. The van der Waals surface area contributed by atoms with Crippen molar-refractivity contribution in [2.45, 2.75) is 39.3 Å². The Morgan fingerprint density at radius 3 is 2.52 bits per heavy atom. The Morgan fingerprint density at radius 2 is 2.00 bits per heavy atom. The third kappa shape index (κ3) is 7.76. The Hall–Kier alpha value is -0.690. The number of nitrogens with zero attached hydrogens (tertiary/aromatic N) is 1. The van der Waals surface area contributed by atoms with Gasteiger partial charge in [0.15, 0.2) is 5.96 Å². The van der Waals surface area contributed by atoms with Crippen molar-refractivity contribution in [3.8, 4) is 5.75 Å². The zero-order valence-electron chi connectivity index (χ0n) is 13.0. The fraction of sp³-hybridized carbons (Fsp3) is 0.533. The van der Waals surface area contributed by atoms with Crippen LogP contribution in [0.2, 0.25) is 5.02 Å². The molecule has 21 heavy (non-hydrogen) atoms. The highest BCUT2D eigenvalue weighted by atomic mass is 127. The number of guanidine groups is 1. The summed E-state index contributed by atoms with van der Waals surface area (Å²) in [5.74, 6) is 1.50. The Kier molecular flexibility index (Phi) is 10.6. The van der Waals surface area contributed by atoms with E-state index in [2.05, 4.69) is 36.4 Å². The van der Waals surface area contributed by atoms with Crippen LogP contribution in [0.1, 0.15) is 27.2 Å². The minimum atomic E-state index is 0. The largest absolute Gasteiger partial charge is 0.487 e. The molecule has 0 aliphatic rings. The Bertz CT molecular complexity index is 441. The van der Waals surface area contributed by atoms with Gasteiger partial charge in [0.1, 0.15) is 11.9 Å². The molecule has 0 aliphatic carbocycles. The minimum absolute atomic E-state index is 0. The zero-order chi connectivity index (χ0) is 15.0. The lowest BCUT2D eigenvalue weighted by Gasteiger charge is -2.21. The maximum Gasteiger partial charge on any atom is 0.191 e. The van der Waals surface area contributed by atoms with E-state index in [1.807, 2.05) is 24.3 Å². The Morgan fingerprint density at radius 1 is 1.33 bits per heavy atom. The second kappa shape index (κ2) is 11.0. The second-order valence-corrected chi connectivity index (χ2v) is 5.24. The molecule has 0 bridgehead atoms. The molecular weight excluding hydrogens is 401 g/mol. The topological polar surface area (TPSA) is 45.7 Å². The smallest absolute Gasteiger partial charge is 0.191 e. The molecule has 1 unspecified atom stereocenters. The van der Waals surface area contributed by atoms with Gasteiger partial charge >= 0.3 is 0 Å². The first kappa shape index (κ1) is 20.3. The summed E-state index contributed by atoms with van der Waals surface area (Å²) in [7, 11) is 1.76. The van der Waals surface area contributed by atoms with E-state index in [1.165, 1.54) is 0 Å². The van der Waals surface area contributed by atoms with E-state index in [4.69, 9.17) is 16.3 Å². The van der Waals surface area contributed by atoms with Crippen molar-refractivity contribution >= 4 is 41.5 Å². The van der Waals surface area contributed by atoms with E-state index in [9.17, 15) is 0 Å². The van der Waals surface area contributed by atoms with Crippen molar-refractivity contribution in [3.63, 3.8) is 0 Å². The van der Waals surface area contributed by atoms with Crippen molar-refractivity contribution in [2.24, 2.45) is 4.99 Å². The van der Waals surface area contributed by atoms with Crippen LogP contribution in [-0.4, -0.2) is 31.7 Å². The van der Waals surface area contributed by atoms with E-state index < -0.39 is 0 Å². The van der Waals surface area contributed by atoms with Gasteiger partial charge < -0.3 is 15.4 Å². The van der Waals surface area contributed by atoms with E-state index in [-0.39, 0.29) is 30.1 Å². The summed E-state index contributed by atoms with van der Waals surface area (Å²) in [6, 6.07) is 7.86. The van der Waals surface area contributed by atoms with E-state index in [0.717, 1.165) is 18.1 Å². The molecule has 0 aromatic heterocycles. The average Bonchev–Trinajstić information content (AvgIpc) is 2.43. The molecular formula is C15H25ClIN3O. The van der Waals surface area contributed by atoms with Gasteiger partial charge in [-0.05, 0) is 32.4 Å². The van der Waals surface area contributed by atoms with Crippen LogP contribution in [0.25, 0.3) is 0 Å². The molecule has 120 valence electrons. The highest BCUT2D eigenvalue weighted by Crippen LogP contribution is 2.24. The van der Waals surface area contributed by atoms with Gasteiger partial charge in [-0.3, -0.25) is 4.99 Å². The lowest BCUT2D eigenvalue weighted by molar-refractivity contribution is 0.199. The van der Waals surface area contributed by atoms with Crippen molar-refractivity contribution in [2.75, 3.05) is 13.6 Å². The van der Waals surface area contributed by atoms with Crippen LogP contribution in [0.4, 0.5) is 0 Å². The quantitative estimate of drug-likeness (QED) is 0.415. The van der Waals surface area contributed by atoms with Gasteiger partial charge in [-0.2, -0.15) is 0 Å². The number of para-hydroxylation sites is 1. The first-order valence-corrected chi connectivity index (χ1v) is 7.33. The highest BCUT2D eigenvalue weighted by Gasteiger charge is 2.11. The van der Waals surface area contributed by atoms with E-state index in [1.54, 1.807) is 7.05 Å². The average molecular weight is 426 g/mol. The van der Waals surface area contributed by atoms with Crippen LogP contribution >= 0.6 is 35.6 Å². The first-order valence-electron chi connectivity index (χ1n) is 6.95. The fourth-order valence-electron chi connectivity index (χ4n) is 1.67. The van der Waals surface area contributed by atoms with Gasteiger partial charge in [-0.25, -0.2) is 0 Å². The molecule has 0 spiro atoms. The molecule has 0 saturated carbocycles. The lowest BCUT2D eigenvalue weighted by Crippen LogP contribution is -2.44.